The maximum Gasteiger partial charge on any atom is 0.252 e. The second-order valence-corrected chi connectivity index (χ2v) is 4.64. The van der Waals surface area contributed by atoms with Crippen LogP contribution in [0, 0.1) is 0 Å². The summed E-state index contributed by atoms with van der Waals surface area (Å²) in [5.74, 6) is 0.899. The van der Waals surface area contributed by atoms with Crippen molar-refractivity contribution in [3.05, 3.63) is 53.7 Å². The minimum Gasteiger partial charge on any atom is -0.493 e. The van der Waals surface area contributed by atoms with Gasteiger partial charge in [0.1, 0.15) is 11.6 Å². The molecule has 0 spiro atoms. The Morgan fingerprint density at radius 2 is 2.15 bits per heavy atom. The van der Waals surface area contributed by atoms with Gasteiger partial charge in [0.25, 0.3) is 5.91 Å². The maximum atomic E-state index is 11.4. The highest BCUT2D eigenvalue weighted by Gasteiger charge is 2.22. The van der Waals surface area contributed by atoms with Gasteiger partial charge in [0.15, 0.2) is 0 Å². The van der Waals surface area contributed by atoms with Crippen LogP contribution in [-0.4, -0.2) is 17.5 Å². The average Bonchev–Trinajstić information content (AvgIpc) is 2.48. The Bertz CT molecular complexity index is 643. The fourth-order valence-electron chi connectivity index (χ4n) is 2.38. The van der Waals surface area contributed by atoms with Gasteiger partial charge in [-0.1, -0.05) is 18.2 Å². The predicted molar refractivity (Wildman–Crippen MR) is 75.7 cm³/mol. The molecule has 2 heterocycles. The lowest BCUT2D eigenvalue weighted by molar-refractivity contribution is 0.100. The Labute approximate surface area is 116 Å². The summed E-state index contributed by atoms with van der Waals surface area (Å²) in [6.07, 6.45) is 2.45. The van der Waals surface area contributed by atoms with Gasteiger partial charge >= 0.3 is 0 Å². The fourth-order valence-corrected chi connectivity index (χ4v) is 2.38. The third kappa shape index (κ3) is 2.30. The van der Waals surface area contributed by atoms with Crippen LogP contribution in [0.3, 0.4) is 0 Å². The Hall–Kier alpha value is -2.56. The molecule has 5 heteroatoms. The van der Waals surface area contributed by atoms with Gasteiger partial charge < -0.3 is 15.8 Å². The van der Waals surface area contributed by atoms with E-state index in [-0.39, 0.29) is 6.04 Å². The van der Waals surface area contributed by atoms with Crippen molar-refractivity contribution in [1.82, 2.24) is 4.98 Å². The van der Waals surface area contributed by atoms with E-state index in [9.17, 15) is 4.79 Å². The second kappa shape index (κ2) is 5.21. The Morgan fingerprint density at radius 1 is 1.30 bits per heavy atom. The van der Waals surface area contributed by atoms with Crippen LogP contribution in [-0.2, 0) is 0 Å². The maximum absolute atomic E-state index is 11.4. The number of hydrogen-bond acceptors (Lipinski definition) is 4. The van der Waals surface area contributed by atoms with Crippen molar-refractivity contribution < 1.29 is 9.53 Å². The molecule has 0 bridgehead atoms. The summed E-state index contributed by atoms with van der Waals surface area (Å²) in [6.45, 7) is 0.632. The second-order valence-electron chi connectivity index (χ2n) is 4.64. The SMILES string of the molecule is NC(=O)c1cccnc1NC1CCOc2ccccc21. The minimum atomic E-state index is -0.485. The molecule has 0 fully saturated rings. The van der Waals surface area contributed by atoms with Gasteiger partial charge in [0.2, 0.25) is 0 Å². The lowest BCUT2D eigenvalue weighted by Gasteiger charge is -2.27. The Balaban J connectivity index is 1.92. The number of ether oxygens (including phenoxy) is 1. The number of nitrogens with two attached hydrogens (primary N) is 1. The molecular weight excluding hydrogens is 254 g/mol. The van der Waals surface area contributed by atoms with E-state index in [1.807, 2.05) is 24.3 Å². The number of nitrogens with zero attached hydrogens (tertiary/aromatic N) is 1. The van der Waals surface area contributed by atoms with E-state index in [2.05, 4.69) is 10.3 Å². The number of rotatable bonds is 3. The molecular formula is C15H15N3O2. The summed E-state index contributed by atoms with van der Waals surface area (Å²) in [5.41, 5.74) is 6.84. The highest BCUT2D eigenvalue weighted by atomic mass is 16.5. The van der Waals surface area contributed by atoms with E-state index in [4.69, 9.17) is 10.5 Å². The van der Waals surface area contributed by atoms with Gasteiger partial charge in [0, 0.05) is 18.2 Å². The predicted octanol–water partition coefficient (Wildman–Crippen LogP) is 2.12. The minimum absolute atomic E-state index is 0.0629. The number of hydrogen-bond donors (Lipinski definition) is 2. The number of primary amides is 1. The standard InChI is InChI=1S/C15H15N3O2/c16-14(19)11-5-3-8-17-15(11)18-12-7-9-20-13-6-2-1-4-10(12)13/h1-6,8,12H,7,9H2,(H2,16,19)(H,17,18). The molecule has 102 valence electrons. The van der Waals surface area contributed by atoms with Crippen molar-refractivity contribution in [1.29, 1.82) is 0 Å². The zero-order chi connectivity index (χ0) is 13.9. The molecule has 1 atom stereocenters. The molecule has 1 amide bonds. The van der Waals surface area contributed by atoms with Crippen LogP contribution in [0.2, 0.25) is 0 Å². The molecule has 1 aromatic heterocycles. The van der Waals surface area contributed by atoms with Crippen molar-refractivity contribution >= 4 is 11.7 Å². The third-order valence-corrected chi connectivity index (χ3v) is 3.34. The van der Waals surface area contributed by atoms with E-state index < -0.39 is 5.91 Å². The smallest absolute Gasteiger partial charge is 0.252 e. The number of carbonyl (C=O) groups is 1. The van der Waals surface area contributed by atoms with Gasteiger partial charge in [-0.05, 0) is 18.2 Å². The molecule has 3 N–H and O–H groups in total. The van der Waals surface area contributed by atoms with Gasteiger partial charge in [-0.15, -0.1) is 0 Å². The molecule has 1 unspecified atom stereocenters. The van der Waals surface area contributed by atoms with E-state index >= 15 is 0 Å². The molecule has 0 saturated heterocycles. The largest absolute Gasteiger partial charge is 0.493 e. The summed E-state index contributed by atoms with van der Waals surface area (Å²) < 4.78 is 5.62. The molecule has 2 aromatic rings. The van der Waals surface area contributed by atoms with Crippen molar-refractivity contribution in [2.24, 2.45) is 5.73 Å². The highest BCUT2D eigenvalue weighted by molar-refractivity contribution is 5.97. The zero-order valence-electron chi connectivity index (χ0n) is 10.9. The van der Waals surface area contributed by atoms with E-state index in [1.165, 1.54) is 0 Å². The van der Waals surface area contributed by atoms with Gasteiger partial charge in [-0.3, -0.25) is 4.79 Å². The fraction of sp³-hybridized carbons (Fsp3) is 0.200. The first-order valence-electron chi connectivity index (χ1n) is 6.49. The molecule has 3 rings (SSSR count). The van der Waals surface area contributed by atoms with Crippen LogP contribution in [0.5, 0.6) is 5.75 Å². The van der Waals surface area contributed by atoms with Gasteiger partial charge in [0.05, 0.1) is 18.2 Å². The number of amides is 1. The highest BCUT2D eigenvalue weighted by Crippen LogP contribution is 2.34. The van der Waals surface area contributed by atoms with E-state index in [1.54, 1.807) is 18.3 Å². The quantitative estimate of drug-likeness (QED) is 0.894. The van der Waals surface area contributed by atoms with Crippen molar-refractivity contribution in [3.8, 4) is 5.75 Å². The first kappa shape index (κ1) is 12.5. The average molecular weight is 269 g/mol. The van der Waals surface area contributed by atoms with Crippen LogP contribution >= 0.6 is 0 Å². The van der Waals surface area contributed by atoms with Gasteiger partial charge in [-0.25, -0.2) is 4.98 Å². The number of aromatic nitrogens is 1. The zero-order valence-corrected chi connectivity index (χ0v) is 10.9. The number of pyridine rings is 1. The molecule has 20 heavy (non-hydrogen) atoms. The molecule has 5 nitrogen and oxygen atoms in total. The van der Waals surface area contributed by atoms with Crippen molar-refractivity contribution in [2.45, 2.75) is 12.5 Å². The normalized spacial score (nSPS) is 16.9. The summed E-state index contributed by atoms with van der Waals surface area (Å²) in [7, 11) is 0. The number of carbonyl (C=O) groups excluding carboxylic acids is 1. The van der Waals surface area contributed by atoms with Crippen LogP contribution in [0.25, 0.3) is 0 Å². The number of benzene rings is 1. The molecule has 1 aliphatic rings. The number of nitrogens with one attached hydrogen (secondary N) is 1. The molecule has 1 aromatic carbocycles. The van der Waals surface area contributed by atoms with Gasteiger partial charge in [-0.2, -0.15) is 0 Å². The monoisotopic (exact) mass is 269 g/mol. The molecule has 0 aliphatic carbocycles. The first-order valence-corrected chi connectivity index (χ1v) is 6.49. The number of anilines is 1. The topological polar surface area (TPSA) is 77.2 Å². The summed E-state index contributed by atoms with van der Waals surface area (Å²) in [4.78, 5) is 15.6. The molecule has 0 saturated carbocycles. The lowest BCUT2D eigenvalue weighted by atomic mass is 10.0. The summed E-state index contributed by atoms with van der Waals surface area (Å²) >= 11 is 0. The van der Waals surface area contributed by atoms with E-state index in [0.29, 0.717) is 18.0 Å². The van der Waals surface area contributed by atoms with E-state index in [0.717, 1.165) is 17.7 Å². The van der Waals surface area contributed by atoms with Crippen molar-refractivity contribution in [2.75, 3.05) is 11.9 Å². The number of para-hydroxylation sites is 1. The third-order valence-electron chi connectivity index (χ3n) is 3.34. The first-order chi connectivity index (χ1) is 9.75. The van der Waals surface area contributed by atoms with Crippen LogP contribution in [0.15, 0.2) is 42.6 Å². The Morgan fingerprint density at radius 3 is 3.00 bits per heavy atom. The summed E-state index contributed by atoms with van der Waals surface area (Å²) in [6, 6.07) is 11.3. The van der Waals surface area contributed by atoms with Crippen LogP contribution < -0.4 is 15.8 Å². The lowest BCUT2D eigenvalue weighted by Crippen LogP contribution is -2.23. The van der Waals surface area contributed by atoms with Crippen LogP contribution in [0.1, 0.15) is 28.4 Å². The van der Waals surface area contributed by atoms with Crippen LogP contribution in [0.4, 0.5) is 5.82 Å². The molecule has 1 aliphatic heterocycles. The Kier molecular flexibility index (Phi) is 3.25. The summed E-state index contributed by atoms with van der Waals surface area (Å²) in [5, 5.41) is 3.30. The molecule has 0 radical (unpaired) electrons. The van der Waals surface area contributed by atoms with Crippen molar-refractivity contribution in [3.63, 3.8) is 0 Å². The number of fused-ring (bicyclic) bond motifs is 1.